The Bertz CT molecular complexity index is 2000. The first-order valence-corrected chi connectivity index (χ1v) is 13.9. The van der Waals surface area contributed by atoms with Crippen molar-refractivity contribution in [2.45, 2.75) is 6.92 Å². The van der Waals surface area contributed by atoms with Crippen molar-refractivity contribution in [1.29, 1.82) is 0 Å². The van der Waals surface area contributed by atoms with Crippen molar-refractivity contribution in [2.24, 2.45) is 0 Å². The summed E-state index contributed by atoms with van der Waals surface area (Å²) in [6, 6.07) is 34.5. The highest BCUT2D eigenvalue weighted by molar-refractivity contribution is 5.88. The van der Waals surface area contributed by atoms with Gasteiger partial charge in [0, 0.05) is 24.6 Å². The molecule has 0 bridgehead atoms. The molecular weight excluding hydrogens is 576 g/mol. The summed E-state index contributed by atoms with van der Waals surface area (Å²) in [5.74, 6) is 1.27. The van der Waals surface area contributed by atoms with Gasteiger partial charge in [0.15, 0.2) is 17.3 Å². The molecule has 0 unspecified atom stereocenters. The molecule has 0 amide bonds. The van der Waals surface area contributed by atoms with Crippen LogP contribution in [0.1, 0.15) is 6.92 Å². The number of esters is 1. The predicted octanol–water partition coefficient (Wildman–Crippen LogP) is 8.44. The molecule has 0 atom stereocenters. The molecule has 45 heavy (non-hydrogen) atoms. The summed E-state index contributed by atoms with van der Waals surface area (Å²) in [6.07, 6.45) is 0. The Hall–Kier alpha value is -6.22. The fourth-order valence-corrected chi connectivity index (χ4v) is 4.47. The molecule has 1 aromatic heterocycles. The average Bonchev–Trinajstić information content (AvgIpc) is 3.04. The molecule has 0 radical (unpaired) electrons. The van der Waals surface area contributed by atoms with Crippen molar-refractivity contribution in [3.63, 3.8) is 0 Å². The van der Waals surface area contributed by atoms with E-state index in [1.165, 1.54) is 19.1 Å². The Morgan fingerprint density at radius 3 is 1.91 bits per heavy atom. The monoisotopic (exact) mass is 602 g/mol. The van der Waals surface area contributed by atoms with Crippen molar-refractivity contribution in [3.05, 3.63) is 132 Å². The zero-order valence-electron chi connectivity index (χ0n) is 24.0. The molecule has 9 nitrogen and oxygen atoms in total. The largest absolute Gasteiger partial charge is 0.507 e. The molecule has 1 heterocycles. The van der Waals surface area contributed by atoms with E-state index in [4.69, 9.17) is 28.1 Å². The van der Waals surface area contributed by atoms with E-state index < -0.39 is 11.4 Å². The number of phenolic OH excluding ortho intramolecular Hbond substituents is 1. The minimum Gasteiger partial charge on any atom is -0.507 e. The zero-order valence-corrected chi connectivity index (χ0v) is 24.0. The molecule has 5 aromatic carbocycles. The molecule has 1 N–H and O–H groups in total. The third-order valence-electron chi connectivity index (χ3n) is 6.50. The summed E-state index contributed by atoms with van der Waals surface area (Å²) < 4.78 is 35.1. The number of benzene rings is 5. The summed E-state index contributed by atoms with van der Waals surface area (Å²) >= 11 is 0. The highest BCUT2D eigenvalue weighted by atomic mass is 16.7. The van der Waals surface area contributed by atoms with E-state index in [1.807, 2.05) is 42.5 Å². The fourth-order valence-electron chi connectivity index (χ4n) is 4.47. The van der Waals surface area contributed by atoms with Gasteiger partial charge < -0.3 is 33.2 Å². The van der Waals surface area contributed by atoms with Gasteiger partial charge in [0.25, 0.3) is 0 Å². The highest BCUT2D eigenvalue weighted by Crippen LogP contribution is 2.41. The number of hydrogen-bond donors (Lipinski definition) is 1. The Morgan fingerprint density at radius 1 is 0.689 bits per heavy atom. The molecule has 6 aromatic rings. The van der Waals surface area contributed by atoms with Crippen LogP contribution in [-0.4, -0.2) is 17.9 Å². The molecule has 0 saturated heterocycles. The molecule has 9 heteroatoms. The summed E-state index contributed by atoms with van der Waals surface area (Å²) in [6.45, 7) is 0.885. The Balaban J connectivity index is 1.49. The lowest BCUT2D eigenvalue weighted by Crippen LogP contribution is -2.09. The molecule has 0 aliphatic heterocycles. The van der Waals surface area contributed by atoms with Gasteiger partial charge in [-0.2, -0.15) is 0 Å². The van der Waals surface area contributed by atoms with E-state index in [0.717, 1.165) is 0 Å². The number of para-hydroxylation sites is 3. The molecule has 6 rings (SSSR count). The van der Waals surface area contributed by atoms with Crippen LogP contribution in [0.4, 0.5) is 0 Å². The number of carbonyl (C=O) groups excluding carboxylic acids is 1. The van der Waals surface area contributed by atoms with E-state index in [-0.39, 0.29) is 46.5 Å². The van der Waals surface area contributed by atoms with Crippen molar-refractivity contribution < 1.29 is 38.0 Å². The Labute approximate surface area is 257 Å². The summed E-state index contributed by atoms with van der Waals surface area (Å²) in [5, 5.41) is 10.9. The van der Waals surface area contributed by atoms with Gasteiger partial charge in [-0.3, -0.25) is 9.59 Å². The molecule has 0 saturated carbocycles. The van der Waals surface area contributed by atoms with Gasteiger partial charge in [0.05, 0.1) is 0 Å². The quantitative estimate of drug-likeness (QED) is 0.122. The Morgan fingerprint density at radius 2 is 1.29 bits per heavy atom. The normalized spacial score (nSPS) is 10.7. The van der Waals surface area contributed by atoms with Crippen LogP contribution in [0.2, 0.25) is 0 Å². The first kappa shape index (κ1) is 28.9. The minimum atomic E-state index is -0.606. The van der Waals surface area contributed by atoms with Crippen LogP contribution in [0.5, 0.6) is 46.0 Å². The van der Waals surface area contributed by atoms with Gasteiger partial charge in [0.2, 0.25) is 18.0 Å². The van der Waals surface area contributed by atoms with Crippen molar-refractivity contribution >= 4 is 16.9 Å². The van der Waals surface area contributed by atoms with Crippen LogP contribution in [0.25, 0.3) is 22.3 Å². The van der Waals surface area contributed by atoms with Gasteiger partial charge in [-0.1, -0.05) is 54.6 Å². The number of aromatic hydroxyl groups is 1. The molecule has 224 valence electrons. The predicted molar refractivity (Wildman–Crippen MR) is 166 cm³/mol. The second-order valence-electron chi connectivity index (χ2n) is 9.71. The maximum atomic E-state index is 14.0. The van der Waals surface area contributed by atoms with Crippen LogP contribution >= 0.6 is 0 Å². The number of hydrogen-bond acceptors (Lipinski definition) is 9. The molecular formula is C36H26O9. The zero-order chi connectivity index (χ0) is 31.2. The second kappa shape index (κ2) is 13.0. The smallest absolute Gasteiger partial charge is 0.305 e. The molecule has 0 aliphatic rings. The van der Waals surface area contributed by atoms with Crippen molar-refractivity contribution in [1.82, 2.24) is 0 Å². The van der Waals surface area contributed by atoms with Gasteiger partial charge in [-0.25, -0.2) is 0 Å². The first-order valence-electron chi connectivity index (χ1n) is 13.9. The lowest BCUT2D eigenvalue weighted by atomic mass is 10.1. The SMILES string of the molecule is CC(=O)OCOc1cc(-c2oc3cc(Oc4ccccc4)cc(O)c3c(=O)c2Oc2ccccc2)ccc1Oc1ccccc1. The average molecular weight is 603 g/mol. The minimum absolute atomic E-state index is 0.0520. The van der Waals surface area contributed by atoms with E-state index in [0.29, 0.717) is 28.6 Å². The lowest BCUT2D eigenvalue weighted by Gasteiger charge is -2.16. The van der Waals surface area contributed by atoms with Gasteiger partial charge in [-0.05, 0) is 54.6 Å². The Kier molecular flexibility index (Phi) is 8.32. The third kappa shape index (κ3) is 6.73. The molecule has 0 fully saturated rings. The molecule has 0 aliphatic carbocycles. The number of rotatable bonds is 10. The first-order chi connectivity index (χ1) is 21.9. The number of ether oxygens (including phenoxy) is 5. The summed E-state index contributed by atoms with van der Waals surface area (Å²) in [4.78, 5) is 25.4. The topological polar surface area (TPSA) is 114 Å². The third-order valence-corrected chi connectivity index (χ3v) is 6.50. The van der Waals surface area contributed by atoms with E-state index in [1.54, 1.807) is 66.7 Å². The van der Waals surface area contributed by atoms with Gasteiger partial charge in [0.1, 0.15) is 39.7 Å². The second-order valence-corrected chi connectivity index (χ2v) is 9.71. The van der Waals surface area contributed by atoms with Gasteiger partial charge >= 0.3 is 5.97 Å². The number of phenols is 1. The standard InChI is InChI=1S/C36H26O9/c1-23(37)40-22-41-31-19-24(17-18-30(31)43-26-13-7-3-8-14-26)35-36(44-27-15-9-4-10-16-27)34(39)33-29(38)20-28(21-32(33)45-35)42-25-11-5-2-6-12-25/h2-21,38H,22H2,1H3. The van der Waals surface area contributed by atoms with E-state index in [9.17, 15) is 14.7 Å². The fraction of sp³-hybridized carbons (Fsp3) is 0.0556. The van der Waals surface area contributed by atoms with Crippen LogP contribution in [-0.2, 0) is 9.53 Å². The van der Waals surface area contributed by atoms with Crippen LogP contribution < -0.4 is 24.4 Å². The van der Waals surface area contributed by atoms with E-state index >= 15 is 0 Å². The maximum Gasteiger partial charge on any atom is 0.305 e. The van der Waals surface area contributed by atoms with Gasteiger partial charge in [-0.15, -0.1) is 0 Å². The van der Waals surface area contributed by atoms with Crippen molar-refractivity contribution in [2.75, 3.05) is 6.79 Å². The maximum absolute atomic E-state index is 14.0. The lowest BCUT2D eigenvalue weighted by molar-refractivity contribution is -0.147. The van der Waals surface area contributed by atoms with Crippen LogP contribution in [0.15, 0.2) is 131 Å². The molecule has 0 spiro atoms. The van der Waals surface area contributed by atoms with Crippen LogP contribution in [0, 0.1) is 0 Å². The highest BCUT2D eigenvalue weighted by Gasteiger charge is 2.23. The van der Waals surface area contributed by atoms with Crippen LogP contribution in [0.3, 0.4) is 0 Å². The summed E-state index contributed by atoms with van der Waals surface area (Å²) in [7, 11) is 0. The van der Waals surface area contributed by atoms with E-state index in [2.05, 4.69) is 0 Å². The number of fused-ring (bicyclic) bond motifs is 1. The summed E-state index contributed by atoms with van der Waals surface area (Å²) in [5.41, 5.74) is -0.161. The number of carbonyl (C=O) groups is 1. The van der Waals surface area contributed by atoms with Crippen molar-refractivity contribution in [3.8, 4) is 57.3 Å².